The third-order valence-corrected chi connectivity index (χ3v) is 5.94. The number of guanidine groups is 1. The second-order valence-corrected chi connectivity index (χ2v) is 8.70. The lowest BCUT2D eigenvalue weighted by Crippen LogP contribution is -2.37. The molecular formula is C20H25Cl2N3O4S. The molecule has 2 rings (SSSR count). The molecule has 164 valence electrons. The molecular weight excluding hydrogens is 449 g/mol. The van der Waals surface area contributed by atoms with Gasteiger partial charge in [-0.05, 0) is 51.1 Å². The number of hydrogen-bond acceptors (Lipinski definition) is 5. The highest BCUT2D eigenvalue weighted by Gasteiger charge is 2.18. The van der Waals surface area contributed by atoms with Crippen molar-refractivity contribution in [2.45, 2.75) is 32.0 Å². The van der Waals surface area contributed by atoms with Crippen molar-refractivity contribution in [2.75, 3.05) is 25.1 Å². The molecule has 0 aromatic heterocycles. The predicted molar refractivity (Wildman–Crippen MR) is 121 cm³/mol. The van der Waals surface area contributed by atoms with Gasteiger partial charge in [0.25, 0.3) is 10.0 Å². The van der Waals surface area contributed by atoms with E-state index in [0.717, 1.165) is 5.56 Å². The number of ether oxygens (including phenoxy) is 2. The van der Waals surface area contributed by atoms with Gasteiger partial charge >= 0.3 is 0 Å². The molecule has 2 aromatic rings. The van der Waals surface area contributed by atoms with Crippen LogP contribution < -0.4 is 10.0 Å². The Bertz CT molecular complexity index is 961. The number of aryl methyl sites for hydroxylation is 1. The van der Waals surface area contributed by atoms with E-state index in [2.05, 4.69) is 15.0 Å². The lowest BCUT2D eigenvalue weighted by molar-refractivity contribution is -0.128. The summed E-state index contributed by atoms with van der Waals surface area (Å²) in [7, 11) is -3.87. The molecule has 0 fully saturated rings. The van der Waals surface area contributed by atoms with Gasteiger partial charge in [0.2, 0.25) is 5.96 Å². The van der Waals surface area contributed by atoms with E-state index < -0.39 is 16.3 Å². The van der Waals surface area contributed by atoms with Crippen molar-refractivity contribution in [1.82, 2.24) is 4.72 Å². The molecule has 0 spiro atoms. The van der Waals surface area contributed by atoms with Crippen LogP contribution in [0, 0.1) is 6.92 Å². The topological polar surface area (TPSA) is 89.0 Å². The molecule has 0 radical (unpaired) electrons. The Morgan fingerprint density at radius 3 is 2.23 bits per heavy atom. The van der Waals surface area contributed by atoms with Crippen molar-refractivity contribution in [1.29, 1.82) is 0 Å². The molecule has 0 bridgehead atoms. The summed E-state index contributed by atoms with van der Waals surface area (Å²) < 4.78 is 39.1. The monoisotopic (exact) mass is 473 g/mol. The molecule has 0 amide bonds. The Morgan fingerprint density at radius 1 is 1.03 bits per heavy atom. The van der Waals surface area contributed by atoms with Crippen molar-refractivity contribution >= 4 is 44.9 Å². The number of nitrogens with one attached hydrogen (secondary N) is 2. The molecule has 30 heavy (non-hydrogen) atoms. The summed E-state index contributed by atoms with van der Waals surface area (Å²) in [4.78, 5) is 4.44. The van der Waals surface area contributed by atoms with Gasteiger partial charge in [0, 0.05) is 18.9 Å². The van der Waals surface area contributed by atoms with Gasteiger partial charge in [-0.2, -0.15) is 0 Å². The van der Waals surface area contributed by atoms with Crippen LogP contribution in [-0.4, -0.2) is 40.4 Å². The van der Waals surface area contributed by atoms with Crippen LogP contribution in [0.1, 0.15) is 19.4 Å². The normalized spacial score (nSPS) is 12.3. The summed E-state index contributed by atoms with van der Waals surface area (Å²) in [6.07, 6.45) is -0.602. The number of benzene rings is 2. The summed E-state index contributed by atoms with van der Waals surface area (Å²) in [6.45, 7) is 6.51. The molecule has 0 aliphatic carbocycles. The molecule has 0 atom stereocenters. The second kappa shape index (κ2) is 11.5. The highest BCUT2D eigenvalue weighted by atomic mass is 35.5. The highest BCUT2D eigenvalue weighted by Crippen LogP contribution is 2.25. The molecule has 10 heteroatoms. The molecule has 2 aromatic carbocycles. The van der Waals surface area contributed by atoms with E-state index in [1.165, 1.54) is 12.1 Å². The van der Waals surface area contributed by atoms with Gasteiger partial charge in [0.15, 0.2) is 6.29 Å². The minimum Gasteiger partial charge on any atom is -0.351 e. The molecule has 0 saturated carbocycles. The van der Waals surface area contributed by atoms with Crippen molar-refractivity contribution in [3.63, 3.8) is 0 Å². The SMILES string of the molecule is CCOC(CN=C(Nc1ccc(Cl)c(Cl)c1)NS(=O)(=O)c1ccc(C)cc1)OCC. The lowest BCUT2D eigenvalue weighted by atomic mass is 10.2. The third kappa shape index (κ3) is 7.45. The molecule has 0 aliphatic rings. The van der Waals surface area contributed by atoms with Crippen LogP contribution in [0.3, 0.4) is 0 Å². The quantitative estimate of drug-likeness (QED) is 0.319. The van der Waals surface area contributed by atoms with Crippen LogP contribution in [0.15, 0.2) is 52.4 Å². The first kappa shape index (κ1) is 24.4. The Morgan fingerprint density at radius 2 is 1.67 bits per heavy atom. The number of halogens is 2. The van der Waals surface area contributed by atoms with Crippen molar-refractivity contribution in [3.05, 3.63) is 58.1 Å². The van der Waals surface area contributed by atoms with Crippen LogP contribution in [0.2, 0.25) is 10.0 Å². The minimum atomic E-state index is -3.87. The van der Waals surface area contributed by atoms with Crippen LogP contribution in [-0.2, 0) is 19.5 Å². The second-order valence-electron chi connectivity index (χ2n) is 6.20. The summed E-state index contributed by atoms with van der Waals surface area (Å²) in [5, 5.41) is 3.64. The average Bonchev–Trinajstić information content (AvgIpc) is 2.69. The Balaban J connectivity index is 2.30. The van der Waals surface area contributed by atoms with Gasteiger partial charge in [-0.1, -0.05) is 40.9 Å². The van der Waals surface area contributed by atoms with Crippen LogP contribution >= 0.6 is 23.2 Å². The fraction of sp³-hybridized carbons (Fsp3) is 0.350. The zero-order valence-electron chi connectivity index (χ0n) is 17.0. The maximum absolute atomic E-state index is 12.8. The van der Waals surface area contributed by atoms with E-state index in [9.17, 15) is 8.42 Å². The largest absolute Gasteiger partial charge is 0.351 e. The number of nitrogens with zero attached hydrogens (tertiary/aromatic N) is 1. The standard InChI is InChI=1S/C20H25Cl2N3O4S/c1-4-28-19(29-5-2)13-23-20(24-15-8-11-17(21)18(22)12-15)25-30(26,27)16-9-6-14(3)7-10-16/h6-12,19H,4-5,13H2,1-3H3,(H2,23,24,25). The van der Waals surface area contributed by atoms with Gasteiger partial charge in [-0.3, -0.25) is 0 Å². The maximum atomic E-state index is 12.8. The number of sulfonamides is 1. The number of anilines is 1. The summed E-state index contributed by atoms with van der Waals surface area (Å²) in [6, 6.07) is 11.3. The lowest BCUT2D eigenvalue weighted by Gasteiger charge is -2.17. The predicted octanol–water partition coefficient (Wildman–Crippen LogP) is 4.45. The van der Waals surface area contributed by atoms with E-state index in [4.69, 9.17) is 32.7 Å². The molecule has 0 aliphatic heterocycles. The minimum absolute atomic E-state index is 0.00151. The van der Waals surface area contributed by atoms with Crippen LogP contribution in [0.4, 0.5) is 5.69 Å². The smallest absolute Gasteiger partial charge is 0.264 e. The van der Waals surface area contributed by atoms with Gasteiger partial charge in [0.1, 0.15) is 0 Å². The summed E-state index contributed by atoms with van der Waals surface area (Å²) in [5.74, 6) is -0.00151. The van der Waals surface area contributed by atoms with E-state index in [1.807, 2.05) is 20.8 Å². The fourth-order valence-electron chi connectivity index (χ4n) is 2.40. The summed E-state index contributed by atoms with van der Waals surface area (Å²) >= 11 is 12.0. The van der Waals surface area contributed by atoms with Crippen molar-refractivity contribution in [2.24, 2.45) is 4.99 Å². The Hall–Kier alpha value is -1.84. The van der Waals surface area contributed by atoms with Gasteiger partial charge in [0.05, 0.1) is 21.5 Å². The van der Waals surface area contributed by atoms with Gasteiger partial charge in [-0.15, -0.1) is 0 Å². The first-order valence-corrected chi connectivity index (χ1v) is 11.6. The Kier molecular flexibility index (Phi) is 9.38. The molecule has 0 saturated heterocycles. The van der Waals surface area contributed by atoms with Crippen LogP contribution in [0.5, 0.6) is 0 Å². The van der Waals surface area contributed by atoms with E-state index in [0.29, 0.717) is 28.9 Å². The number of hydrogen-bond donors (Lipinski definition) is 2. The fourth-order valence-corrected chi connectivity index (χ4v) is 3.68. The zero-order chi connectivity index (χ0) is 22.1. The first-order chi connectivity index (χ1) is 14.2. The van der Waals surface area contributed by atoms with E-state index in [-0.39, 0.29) is 17.4 Å². The third-order valence-electron chi connectivity index (χ3n) is 3.85. The number of aliphatic imine (C=N–C) groups is 1. The Labute approximate surface area is 187 Å². The molecule has 2 N–H and O–H groups in total. The van der Waals surface area contributed by atoms with Crippen LogP contribution in [0.25, 0.3) is 0 Å². The molecule has 0 heterocycles. The maximum Gasteiger partial charge on any atom is 0.264 e. The first-order valence-electron chi connectivity index (χ1n) is 9.34. The van der Waals surface area contributed by atoms with Crippen molar-refractivity contribution in [3.8, 4) is 0 Å². The highest BCUT2D eigenvalue weighted by molar-refractivity contribution is 7.90. The molecule has 0 unspecified atom stereocenters. The van der Waals surface area contributed by atoms with E-state index in [1.54, 1.807) is 30.3 Å². The summed E-state index contributed by atoms with van der Waals surface area (Å²) in [5.41, 5.74) is 1.46. The number of rotatable bonds is 9. The zero-order valence-corrected chi connectivity index (χ0v) is 19.3. The van der Waals surface area contributed by atoms with Gasteiger partial charge in [-0.25, -0.2) is 18.1 Å². The van der Waals surface area contributed by atoms with Crippen molar-refractivity contribution < 1.29 is 17.9 Å². The van der Waals surface area contributed by atoms with E-state index >= 15 is 0 Å². The molecule has 7 nitrogen and oxygen atoms in total. The average molecular weight is 474 g/mol. The van der Waals surface area contributed by atoms with Gasteiger partial charge < -0.3 is 14.8 Å².